The summed E-state index contributed by atoms with van der Waals surface area (Å²) in [5.41, 5.74) is 0.797. The van der Waals surface area contributed by atoms with E-state index in [1.807, 2.05) is 46.9 Å². The van der Waals surface area contributed by atoms with Crippen molar-refractivity contribution in [1.82, 2.24) is 10.2 Å². The SMILES string of the molecule is C[C@H]1[C@H](NC(=O)C(F)(F)F)CN1C(=O)c1cc(C(C)(C)C)c(O)c(C(C)(C)C)c1. The number of nitrogens with one attached hydrogen (secondary N) is 1. The smallest absolute Gasteiger partial charge is 0.471 e. The van der Waals surface area contributed by atoms with E-state index >= 15 is 0 Å². The number of hydrogen-bond donors (Lipinski definition) is 2. The van der Waals surface area contributed by atoms with Gasteiger partial charge in [0.15, 0.2) is 0 Å². The van der Waals surface area contributed by atoms with E-state index in [-0.39, 0.29) is 18.2 Å². The minimum absolute atomic E-state index is 0.00159. The van der Waals surface area contributed by atoms with Gasteiger partial charge in [-0.3, -0.25) is 9.59 Å². The molecule has 1 saturated heterocycles. The molecular weight excluding hydrogens is 385 g/mol. The van der Waals surface area contributed by atoms with Crippen molar-refractivity contribution >= 4 is 11.8 Å². The normalized spacial score (nSPS) is 20.3. The summed E-state index contributed by atoms with van der Waals surface area (Å²) in [5.74, 6) is -2.20. The van der Waals surface area contributed by atoms with Crippen molar-refractivity contribution in [1.29, 1.82) is 0 Å². The molecule has 1 aliphatic heterocycles. The van der Waals surface area contributed by atoms with Crippen LogP contribution in [0.4, 0.5) is 13.2 Å². The summed E-state index contributed by atoms with van der Waals surface area (Å²) >= 11 is 0. The van der Waals surface area contributed by atoms with E-state index in [2.05, 4.69) is 0 Å². The molecule has 2 rings (SSSR count). The van der Waals surface area contributed by atoms with Gasteiger partial charge < -0.3 is 15.3 Å². The number of phenols is 1. The fourth-order valence-electron chi connectivity index (χ4n) is 3.36. The van der Waals surface area contributed by atoms with E-state index in [9.17, 15) is 27.9 Å². The second-order valence-corrected chi connectivity index (χ2v) is 9.70. The Morgan fingerprint density at radius 1 is 1.03 bits per heavy atom. The van der Waals surface area contributed by atoms with Crippen molar-refractivity contribution in [2.75, 3.05) is 6.54 Å². The van der Waals surface area contributed by atoms with E-state index in [0.29, 0.717) is 16.7 Å². The van der Waals surface area contributed by atoms with Gasteiger partial charge in [0, 0.05) is 23.2 Å². The number of benzene rings is 1. The highest BCUT2D eigenvalue weighted by molar-refractivity contribution is 5.96. The van der Waals surface area contributed by atoms with E-state index in [4.69, 9.17) is 0 Å². The monoisotopic (exact) mass is 414 g/mol. The Labute approximate surface area is 169 Å². The maximum atomic E-state index is 13.0. The highest BCUT2D eigenvalue weighted by atomic mass is 19.4. The van der Waals surface area contributed by atoms with Crippen molar-refractivity contribution < 1.29 is 27.9 Å². The van der Waals surface area contributed by atoms with Gasteiger partial charge in [0.05, 0.1) is 12.1 Å². The molecule has 0 aromatic heterocycles. The zero-order valence-electron chi connectivity index (χ0n) is 17.9. The van der Waals surface area contributed by atoms with Crippen LogP contribution in [0.25, 0.3) is 0 Å². The number of carbonyl (C=O) groups excluding carboxylic acids is 2. The fraction of sp³-hybridized carbons (Fsp3) is 0.619. The predicted molar refractivity (Wildman–Crippen MR) is 104 cm³/mol. The number of halogens is 3. The lowest BCUT2D eigenvalue weighted by Gasteiger charge is -2.46. The zero-order valence-corrected chi connectivity index (χ0v) is 17.9. The molecule has 0 aliphatic carbocycles. The molecule has 0 saturated carbocycles. The number of alkyl halides is 3. The Balaban J connectivity index is 2.31. The molecular formula is C21H29F3N2O3. The zero-order chi connectivity index (χ0) is 22.5. The highest BCUT2D eigenvalue weighted by Gasteiger charge is 2.46. The van der Waals surface area contributed by atoms with Gasteiger partial charge in [-0.1, -0.05) is 41.5 Å². The van der Waals surface area contributed by atoms with Gasteiger partial charge in [0.1, 0.15) is 5.75 Å². The van der Waals surface area contributed by atoms with Crippen LogP contribution in [0.5, 0.6) is 5.75 Å². The van der Waals surface area contributed by atoms with Gasteiger partial charge in [0.25, 0.3) is 5.91 Å². The number of nitrogens with zero attached hydrogens (tertiary/aromatic N) is 1. The van der Waals surface area contributed by atoms with E-state index in [0.717, 1.165) is 0 Å². The molecule has 2 amide bonds. The minimum atomic E-state index is -4.95. The Morgan fingerprint density at radius 2 is 1.48 bits per heavy atom. The lowest BCUT2D eigenvalue weighted by atomic mass is 9.78. The van der Waals surface area contributed by atoms with Crippen LogP contribution in [0.3, 0.4) is 0 Å². The molecule has 2 atom stereocenters. The molecule has 162 valence electrons. The molecule has 0 radical (unpaired) electrons. The van der Waals surface area contributed by atoms with Crippen LogP contribution in [0.1, 0.15) is 70.0 Å². The standard InChI is InChI=1S/C21H29F3N2O3/c1-11-15(25-18(29)21(22,23)24)10-26(11)17(28)12-8-13(19(2,3)4)16(27)14(9-12)20(5,6)7/h8-9,11,15,27H,10H2,1-7H3,(H,25,29)/t11-,15+/m0/s1. The van der Waals surface area contributed by atoms with E-state index in [1.165, 1.54) is 4.90 Å². The van der Waals surface area contributed by atoms with E-state index < -0.39 is 35.0 Å². The van der Waals surface area contributed by atoms with Crippen LogP contribution < -0.4 is 5.32 Å². The van der Waals surface area contributed by atoms with Gasteiger partial charge >= 0.3 is 12.1 Å². The second-order valence-electron chi connectivity index (χ2n) is 9.70. The molecule has 1 aromatic rings. The number of rotatable bonds is 2. The van der Waals surface area contributed by atoms with Gasteiger partial charge in [-0.05, 0) is 29.9 Å². The van der Waals surface area contributed by atoms with Crippen LogP contribution in [0, 0.1) is 0 Å². The molecule has 1 heterocycles. The Hall–Kier alpha value is -2.25. The first-order chi connectivity index (χ1) is 12.9. The van der Waals surface area contributed by atoms with Crippen LogP contribution in [-0.2, 0) is 15.6 Å². The molecule has 1 fully saturated rings. The number of hydrogen-bond acceptors (Lipinski definition) is 3. The lowest BCUT2D eigenvalue weighted by Crippen LogP contribution is -2.68. The van der Waals surface area contributed by atoms with Crippen molar-refractivity contribution in [2.24, 2.45) is 0 Å². The summed E-state index contributed by atoms with van der Waals surface area (Å²) in [4.78, 5) is 25.6. The third-order valence-corrected chi connectivity index (χ3v) is 5.28. The topological polar surface area (TPSA) is 69.6 Å². The lowest BCUT2D eigenvalue weighted by molar-refractivity contribution is -0.175. The molecule has 29 heavy (non-hydrogen) atoms. The molecule has 1 aromatic carbocycles. The summed E-state index contributed by atoms with van der Waals surface area (Å²) in [6, 6.07) is 1.95. The largest absolute Gasteiger partial charge is 0.507 e. The maximum Gasteiger partial charge on any atom is 0.471 e. The van der Waals surface area contributed by atoms with Crippen LogP contribution in [0.15, 0.2) is 12.1 Å². The summed E-state index contributed by atoms with van der Waals surface area (Å²) < 4.78 is 37.4. The maximum absolute atomic E-state index is 13.0. The fourth-order valence-corrected chi connectivity index (χ4v) is 3.36. The minimum Gasteiger partial charge on any atom is -0.507 e. The molecule has 8 heteroatoms. The Morgan fingerprint density at radius 3 is 1.83 bits per heavy atom. The van der Waals surface area contributed by atoms with Crippen LogP contribution in [-0.4, -0.2) is 46.6 Å². The highest BCUT2D eigenvalue weighted by Crippen LogP contribution is 2.40. The van der Waals surface area contributed by atoms with Crippen molar-refractivity contribution in [2.45, 2.75) is 77.6 Å². The molecule has 0 bridgehead atoms. The Bertz CT molecular complexity index is 785. The van der Waals surface area contributed by atoms with Crippen LogP contribution in [0.2, 0.25) is 0 Å². The third-order valence-electron chi connectivity index (χ3n) is 5.28. The quantitative estimate of drug-likeness (QED) is 0.772. The first-order valence-corrected chi connectivity index (χ1v) is 9.51. The number of carbonyl (C=O) groups is 2. The van der Waals surface area contributed by atoms with Gasteiger partial charge in [-0.25, -0.2) is 0 Å². The third kappa shape index (κ3) is 4.67. The molecule has 2 N–H and O–H groups in total. The van der Waals surface area contributed by atoms with Crippen molar-refractivity contribution in [3.8, 4) is 5.75 Å². The summed E-state index contributed by atoms with van der Waals surface area (Å²) in [7, 11) is 0. The van der Waals surface area contributed by atoms with Gasteiger partial charge in [-0.15, -0.1) is 0 Å². The number of aromatic hydroxyl groups is 1. The Kier molecular flexibility index (Phi) is 5.73. The summed E-state index contributed by atoms with van der Waals surface area (Å²) in [6.07, 6.45) is -4.95. The number of likely N-dealkylation sites (tertiary alicyclic amines) is 1. The number of phenolic OH excluding ortho intramolecular Hbond substituents is 1. The molecule has 0 unspecified atom stereocenters. The van der Waals surface area contributed by atoms with Crippen LogP contribution >= 0.6 is 0 Å². The van der Waals surface area contributed by atoms with E-state index in [1.54, 1.807) is 19.1 Å². The van der Waals surface area contributed by atoms with Crippen molar-refractivity contribution in [3.05, 3.63) is 28.8 Å². The van der Waals surface area contributed by atoms with Crippen molar-refractivity contribution in [3.63, 3.8) is 0 Å². The second kappa shape index (κ2) is 7.22. The first kappa shape index (κ1) is 23.0. The summed E-state index contributed by atoms with van der Waals surface area (Å²) in [5, 5.41) is 12.7. The predicted octanol–water partition coefficient (Wildman–Crippen LogP) is 3.88. The molecule has 1 aliphatic rings. The van der Waals surface area contributed by atoms with Gasteiger partial charge in [-0.2, -0.15) is 13.2 Å². The molecule has 0 spiro atoms. The first-order valence-electron chi connectivity index (χ1n) is 9.51. The molecule has 5 nitrogen and oxygen atoms in total. The average Bonchev–Trinajstić information content (AvgIpc) is 2.54. The van der Waals surface area contributed by atoms with Gasteiger partial charge in [0.2, 0.25) is 0 Å². The average molecular weight is 414 g/mol. The number of amides is 2. The summed E-state index contributed by atoms with van der Waals surface area (Å²) in [6.45, 7) is 13.2.